The molecule has 1 aliphatic carbocycles. The molecule has 1 N–H and O–H groups in total. The molecule has 3 heteroatoms. The molecule has 132 valence electrons. The van der Waals surface area contributed by atoms with Gasteiger partial charge in [-0.05, 0) is 37.0 Å². The quantitative estimate of drug-likeness (QED) is 0.799. The van der Waals surface area contributed by atoms with Crippen molar-refractivity contribution in [2.75, 3.05) is 32.8 Å². The number of nitrogens with zero attached hydrogens (tertiary/aromatic N) is 1. The number of aryl methyl sites for hydroxylation is 1. The van der Waals surface area contributed by atoms with E-state index in [9.17, 15) is 0 Å². The lowest BCUT2D eigenvalue weighted by Crippen LogP contribution is -2.52. The monoisotopic (exact) mass is 336 g/mol. The maximum absolute atomic E-state index is 5.82. The van der Waals surface area contributed by atoms with Crippen LogP contribution in [-0.4, -0.2) is 43.7 Å². The Morgan fingerprint density at radius 2 is 1.80 bits per heavy atom. The molecule has 1 heterocycles. The first-order chi connectivity index (χ1) is 12.3. The fourth-order valence-electron chi connectivity index (χ4n) is 3.72. The van der Waals surface area contributed by atoms with Crippen molar-refractivity contribution < 1.29 is 4.74 Å². The van der Waals surface area contributed by atoms with Gasteiger partial charge in [0, 0.05) is 38.1 Å². The van der Waals surface area contributed by atoms with Crippen molar-refractivity contribution in [1.82, 2.24) is 10.2 Å². The number of rotatable bonds is 8. The van der Waals surface area contributed by atoms with Crippen LogP contribution in [0, 0.1) is 12.8 Å². The van der Waals surface area contributed by atoms with E-state index >= 15 is 0 Å². The van der Waals surface area contributed by atoms with Crippen molar-refractivity contribution in [3.8, 4) is 5.75 Å². The second-order valence-electron chi connectivity index (χ2n) is 7.55. The molecule has 2 aliphatic rings. The molecule has 0 aromatic heterocycles. The van der Waals surface area contributed by atoms with Crippen LogP contribution in [0.4, 0.5) is 0 Å². The van der Waals surface area contributed by atoms with Gasteiger partial charge in [0.2, 0.25) is 0 Å². The fourth-order valence-corrected chi connectivity index (χ4v) is 3.72. The normalized spacial score (nSPS) is 23.2. The summed E-state index contributed by atoms with van der Waals surface area (Å²) < 4.78 is 5.82. The molecule has 1 aliphatic heterocycles. The van der Waals surface area contributed by atoms with Gasteiger partial charge in [-0.2, -0.15) is 0 Å². The van der Waals surface area contributed by atoms with E-state index in [2.05, 4.69) is 71.7 Å². The van der Waals surface area contributed by atoms with Gasteiger partial charge in [-0.25, -0.2) is 0 Å². The van der Waals surface area contributed by atoms with Crippen molar-refractivity contribution in [3.05, 3.63) is 65.7 Å². The average Bonchev–Trinajstić information content (AvgIpc) is 3.38. The van der Waals surface area contributed by atoms with Crippen molar-refractivity contribution in [2.45, 2.75) is 25.3 Å². The molecule has 0 bridgehead atoms. The Labute approximate surface area is 151 Å². The third-order valence-electron chi connectivity index (χ3n) is 5.42. The summed E-state index contributed by atoms with van der Waals surface area (Å²) in [6.07, 6.45) is 1.30. The van der Waals surface area contributed by atoms with Gasteiger partial charge in [-0.15, -0.1) is 0 Å². The maximum atomic E-state index is 5.82. The highest BCUT2D eigenvalue weighted by Gasteiger charge is 2.38. The Bertz CT molecular complexity index is 664. The minimum absolute atomic E-state index is 0.696. The number of likely N-dealkylation sites (tertiary alicyclic amines) is 1. The number of hydrogen-bond donors (Lipinski definition) is 1. The lowest BCUT2D eigenvalue weighted by atomic mass is 10.0. The summed E-state index contributed by atoms with van der Waals surface area (Å²) in [5.74, 6) is 2.52. The van der Waals surface area contributed by atoms with Crippen molar-refractivity contribution in [3.63, 3.8) is 0 Å². The summed E-state index contributed by atoms with van der Waals surface area (Å²) in [5, 5.41) is 3.76. The maximum Gasteiger partial charge on any atom is 0.119 e. The first-order valence-electron chi connectivity index (χ1n) is 9.48. The number of hydrogen-bond acceptors (Lipinski definition) is 3. The van der Waals surface area contributed by atoms with Crippen LogP contribution in [-0.2, 0) is 0 Å². The SMILES string of the molecule is Cc1ccc(OCCN2CC(CN[C@@H]3CC3c3ccccc3)C2)cc1. The summed E-state index contributed by atoms with van der Waals surface area (Å²) >= 11 is 0. The molecule has 0 radical (unpaired) electrons. The van der Waals surface area contributed by atoms with Crippen molar-refractivity contribution in [1.29, 1.82) is 0 Å². The fraction of sp³-hybridized carbons (Fsp3) is 0.455. The summed E-state index contributed by atoms with van der Waals surface area (Å²) in [5.41, 5.74) is 2.76. The van der Waals surface area contributed by atoms with Gasteiger partial charge < -0.3 is 10.1 Å². The summed E-state index contributed by atoms with van der Waals surface area (Å²) in [6, 6.07) is 19.9. The van der Waals surface area contributed by atoms with Crippen LogP contribution in [0.15, 0.2) is 54.6 Å². The van der Waals surface area contributed by atoms with E-state index in [1.165, 1.54) is 30.6 Å². The van der Waals surface area contributed by atoms with Crippen LogP contribution in [0.5, 0.6) is 5.75 Å². The zero-order valence-corrected chi connectivity index (χ0v) is 15.0. The third kappa shape index (κ3) is 4.42. The first-order valence-corrected chi connectivity index (χ1v) is 9.48. The van der Waals surface area contributed by atoms with Crippen LogP contribution < -0.4 is 10.1 Å². The van der Waals surface area contributed by atoms with Crippen molar-refractivity contribution >= 4 is 0 Å². The number of nitrogens with one attached hydrogen (secondary N) is 1. The van der Waals surface area contributed by atoms with E-state index in [0.29, 0.717) is 6.04 Å². The minimum Gasteiger partial charge on any atom is -0.492 e. The molecule has 2 aromatic carbocycles. The highest BCUT2D eigenvalue weighted by Crippen LogP contribution is 2.40. The van der Waals surface area contributed by atoms with Gasteiger partial charge >= 0.3 is 0 Å². The molecule has 2 aromatic rings. The Balaban J connectivity index is 1.08. The highest BCUT2D eigenvalue weighted by molar-refractivity contribution is 5.28. The number of ether oxygens (including phenoxy) is 1. The van der Waals surface area contributed by atoms with Crippen LogP contribution in [0.3, 0.4) is 0 Å². The number of benzene rings is 2. The van der Waals surface area contributed by atoms with E-state index in [0.717, 1.165) is 37.3 Å². The largest absolute Gasteiger partial charge is 0.492 e. The highest BCUT2D eigenvalue weighted by atomic mass is 16.5. The van der Waals surface area contributed by atoms with E-state index in [1.54, 1.807) is 0 Å². The third-order valence-corrected chi connectivity index (χ3v) is 5.42. The average molecular weight is 336 g/mol. The first kappa shape index (κ1) is 16.6. The van der Waals surface area contributed by atoms with E-state index in [1.807, 2.05) is 0 Å². The predicted molar refractivity (Wildman–Crippen MR) is 102 cm³/mol. The summed E-state index contributed by atoms with van der Waals surface area (Å²) in [4.78, 5) is 2.49. The van der Waals surface area contributed by atoms with Gasteiger partial charge in [0.1, 0.15) is 12.4 Å². The van der Waals surface area contributed by atoms with Gasteiger partial charge in [0.15, 0.2) is 0 Å². The molecule has 1 saturated carbocycles. The zero-order valence-electron chi connectivity index (χ0n) is 15.0. The lowest BCUT2D eigenvalue weighted by Gasteiger charge is -2.39. The van der Waals surface area contributed by atoms with Crippen molar-refractivity contribution in [2.24, 2.45) is 5.92 Å². The molecule has 1 saturated heterocycles. The van der Waals surface area contributed by atoms with Gasteiger partial charge in [-0.3, -0.25) is 4.90 Å². The van der Waals surface area contributed by atoms with E-state index in [4.69, 9.17) is 4.74 Å². The topological polar surface area (TPSA) is 24.5 Å². The van der Waals surface area contributed by atoms with Crippen LogP contribution in [0.25, 0.3) is 0 Å². The van der Waals surface area contributed by atoms with Crippen LogP contribution in [0.1, 0.15) is 23.5 Å². The minimum atomic E-state index is 0.696. The molecule has 2 atom stereocenters. The van der Waals surface area contributed by atoms with E-state index < -0.39 is 0 Å². The standard InChI is InChI=1S/C22H28N2O/c1-17-7-9-20(10-8-17)25-12-11-24-15-18(16-24)14-23-22-13-21(22)19-5-3-2-4-6-19/h2-10,18,21-23H,11-16H2,1H3/t21?,22-/m1/s1. The Morgan fingerprint density at radius 3 is 2.56 bits per heavy atom. The molecule has 0 spiro atoms. The molecular formula is C22H28N2O. The molecular weight excluding hydrogens is 308 g/mol. The Kier molecular flexibility index (Phi) is 5.04. The molecule has 3 nitrogen and oxygen atoms in total. The lowest BCUT2D eigenvalue weighted by molar-refractivity contribution is 0.0820. The molecule has 4 rings (SSSR count). The molecule has 25 heavy (non-hydrogen) atoms. The van der Waals surface area contributed by atoms with E-state index in [-0.39, 0.29) is 0 Å². The molecule has 1 unspecified atom stereocenters. The van der Waals surface area contributed by atoms with Gasteiger partial charge in [0.05, 0.1) is 0 Å². The Morgan fingerprint density at radius 1 is 1.04 bits per heavy atom. The summed E-state index contributed by atoms with van der Waals surface area (Å²) in [7, 11) is 0. The van der Waals surface area contributed by atoms with Crippen LogP contribution in [0.2, 0.25) is 0 Å². The Hall–Kier alpha value is -1.84. The van der Waals surface area contributed by atoms with Gasteiger partial charge in [0.25, 0.3) is 0 Å². The predicted octanol–water partition coefficient (Wildman–Crippen LogP) is 3.45. The van der Waals surface area contributed by atoms with Gasteiger partial charge in [-0.1, -0.05) is 48.0 Å². The van der Waals surface area contributed by atoms with Crippen LogP contribution >= 0.6 is 0 Å². The zero-order chi connectivity index (χ0) is 17.1. The smallest absolute Gasteiger partial charge is 0.119 e. The second-order valence-corrected chi connectivity index (χ2v) is 7.55. The molecule has 0 amide bonds. The summed E-state index contributed by atoms with van der Waals surface area (Å²) in [6.45, 7) is 7.47. The second kappa shape index (κ2) is 7.59. The molecule has 2 fully saturated rings.